The lowest BCUT2D eigenvalue weighted by molar-refractivity contribution is -0.153. The van der Waals surface area contributed by atoms with Gasteiger partial charge in [-0.25, -0.2) is 4.79 Å². The molecular weight excluding hydrogens is 270 g/mol. The molecule has 0 saturated carbocycles. The Hall–Kier alpha value is -2.04. The molecule has 1 heterocycles. The van der Waals surface area contributed by atoms with Crippen LogP contribution in [0.1, 0.15) is 37.0 Å². The third kappa shape index (κ3) is 2.73. The van der Waals surface area contributed by atoms with E-state index in [1.807, 2.05) is 6.07 Å². The molecule has 0 N–H and O–H groups in total. The van der Waals surface area contributed by atoms with Crippen LogP contribution < -0.4 is 4.74 Å². The molecule has 1 aromatic carbocycles. The molecule has 1 atom stereocenters. The highest BCUT2D eigenvalue weighted by Gasteiger charge is 2.47. The van der Waals surface area contributed by atoms with Crippen LogP contribution in [0.5, 0.6) is 5.75 Å². The van der Waals surface area contributed by atoms with E-state index in [0.29, 0.717) is 30.9 Å². The van der Waals surface area contributed by atoms with Gasteiger partial charge in [-0.05, 0) is 38.8 Å². The second-order valence-electron chi connectivity index (χ2n) is 5.25. The first kappa shape index (κ1) is 15.4. The first-order valence-corrected chi connectivity index (χ1v) is 7.16. The number of nitrogens with zero attached hydrogens (tertiary/aromatic N) is 1. The molecule has 5 heteroatoms. The number of carbonyl (C=O) groups excluding carboxylic acids is 2. The second kappa shape index (κ2) is 6.16. The van der Waals surface area contributed by atoms with Gasteiger partial charge in [0.25, 0.3) is 5.91 Å². The molecule has 1 aliphatic heterocycles. The van der Waals surface area contributed by atoms with Crippen molar-refractivity contribution in [1.29, 1.82) is 0 Å². The third-order valence-electron chi connectivity index (χ3n) is 3.94. The third-order valence-corrected chi connectivity index (χ3v) is 3.94. The summed E-state index contributed by atoms with van der Waals surface area (Å²) in [6.45, 7) is 4.39. The number of rotatable bonds is 4. The quantitative estimate of drug-likeness (QED) is 0.798. The first-order valence-electron chi connectivity index (χ1n) is 7.16. The van der Waals surface area contributed by atoms with Crippen LogP contribution in [0.2, 0.25) is 0 Å². The Morgan fingerprint density at radius 2 is 2.05 bits per heavy atom. The number of likely N-dealkylation sites (tertiary alicyclic amines) is 1. The van der Waals surface area contributed by atoms with E-state index in [9.17, 15) is 9.59 Å². The summed E-state index contributed by atoms with van der Waals surface area (Å²) in [6.07, 6.45) is 1.41. The molecule has 5 nitrogen and oxygen atoms in total. The van der Waals surface area contributed by atoms with E-state index < -0.39 is 5.54 Å². The van der Waals surface area contributed by atoms with Gasteiger partial charge >= 0.3 is 5.97 Å². The minimum atomic E-state index is -0.895. The maximum atomic E-state index is 12.8. The summed E-state index contributed by atoms with van der Waals surface area (Å²) in [7, 11) is 1.53. The molecule has 1 fully saturated rings. The number of esters is 1. The van der Waals surface area contributed by atoms with Crippen LogP contribution in [0.4, 0.5) is 0 Å². The molecule has 0 radical (unpaired) electrons. The number of methoxy groups -OCH3 is 1. The summed E-state index contributed by atoms with van der Waals surface area (Å²) in [5.74, 6) is -0.0214. The Bertz CT molecular complexity index is 543. The van der Waals surface area contributed by atoms with Crippen LogP contribution in [-0.2, 0) is 9.53 Å². The first-order chi connectivity index (χ1) is 10.0. The molecule has 0 bridgehead atoms. The van der Waals surface area contributed by atoms with E-state index >= 15 is 0 Å². The average molecular weight is 291 g/mol. The fourth-order valence-corrected chi connectivity index (χ4v) is 2.75. The Morgan fingerprint density at radius 3 is 2.71 bits per heavy atom. The zero-order valence-corrected chi connectivity index (χ0v) is 12.7. The zero-order chi connectivity index (χ0) is 15.5. The van der Waals surface area contributed by atoms with Gasteiger partial charge in [-0.2, -0.15) is 0 Å². The lowest BCUT2D eigenvalue weighted by Crippen LogP contribution is -2.51. The molecule has 2 rings (SSSR count). The number of ether oxygens (including phenoxy) is 2. The average Bonchev–Trinajstić information content (AvgIpc) is 2.90. The highest BCUT2D eigenvalue weighted by atomic mass is 16.5. The smallest absolute Gasteiger partial charge is 0.331 e. The summed E-state index contributed by atoms with van der Waals surface area (Å²) >= 11 is 0. The van der Waals surface area contributed by atoms with Crippen LogP contribution in [0.3, 0.4) is 0 Å². The fraction of sp³-hybridized carbons (Fsp3) is 0.500. The van der Waals surface area contributed by atoms with E-state index in [1.165, 1.54) is 7.11 Å². The lowest BCUT2D eigenvalue weighted by atomic mass is 9.98. The number of hydrogen-bond donors (Lipinski definition) is 0. The molecule has 1 saturated heterocycles. The van der Waals surface area contributed by atoms with Crippen molar-refractivity contribution in [2.45, 2.75) is 32.2 Å². The summed E-state index contributed by atoms with van der Waals surface area (Å²) in [5.41, 5.74) is -0.425. The largest absolute Gasteiger partial charge is 0.496 e. The van der Waals surface area contributed by atoms with E-state index in [1.54, 1.807) is 36.9 Å². The summed E-state index contributed by atoms with van der Waals surface area (Å²) in [4.78, 5) is 26.6. The molecular formula is C16H21NO4. The molecule has 1 unspecified atom stereocenters. The van der Waals surface area contributed by atoms with Crippen molar-refractivity contribution in [1.82, 2.24) is 4.90 Å². The van der Waals surface area contributed by atoms with Crippen molar-refractivity contribution in [2.24, 2.45) is 0 Å². The second-order valence-corrected chi connectivity index (χ2v) is 5.25. The molecule has 21 heavy (non-hydrogen) atoms. The maximum Gasteiger partial charge on any atom is 0.331 e. The molecule has 0 aromatic heterocycles. The number of hydrogen-bond acceptors (Lipinski definition) is 4. The number of para-hydroxylation sites is 1. The van der Waals surface area contributed by atoms with Gasteiger partial charge in [-0.3, -0.25) is 4.79 Å². The number of carbonyl (C=O) groups is 2. The van der Waals surface area contributed by atoms with E-state index in [0.717, 1.165) is 6.42 Å². The van der Waals surface area contributed by atoms with Crippen LogP contribution in [0, 0.1) is 0 Å². The van der Waals surface area contributed by atoms with Crippen molar-refractivity contribution in [3.63, 3.8) is 0 Å². The molecule has 1 aromatic rings. The Labute approximate surface area is 124 Å². The Balaban J connectivity index is 2.31. The zero-order valence-electron chi connectivity index (χ0n) is 12.7. The molecule has 0 aliphatic carbocycles. The summed E-state index contributed by atoms with van der Waals surface area (Å²) < 4.78 is 10.4. The maximum absolute atomic E-state index is 12.8. The van der Waals surface area contributed by atoms with Gasteiger partial charge in [-0.1, -0.05) is 12.1 Å². The minimum Gasteiger partial charge on any atom is -0.496 e. The molecule has 0 spiro atoms. The van der Waals surface area contributed by atoms with E-state index in [-0.39, 0.29) is 11.9 Å². The Morgan fingerprint density at radius 1 is 1.33 bits per heavy atom. The van der Waals surface area contributed by atoms with E-state index in [2.05, 4.69) is 0 Å². The number of benzene rings is 1. The summed E-state index contributed by atoms with van der Waals surface area (Å²) in [5, 5.41) is 0. The van der Waals surface area contributed by atoms with Gasteiger partial charge in [0.15, 0.2) is 0 Å². The van der Waals surface area contributed by atoms with Crippen LogP contribution in [0.25, 0.3) is 0 Å². The molecule has 1 aliphatic rings. The van der Waals surface area contributed by atoms with Crippen molar-refractivity contribution in [3.8, 4) is 5.75 Å². The van der Waals surface area contributed by atoms with Gasteiger partial charge in [0.1, 0.15) is 11.3 Å². The van der Waals surface area contributed by atoms with Gasteiger partial charge in [0.2, 0.25) is 0 Å². The van der Waals surface area contributed by atoms with Gasteiger partial charge in [0, 0.05) is 6.54 Å². The van der Waals surface area contributed by atoms with Crippen LogP contribution >= 0.6 is 0 Å². The lowest BCUT2D eigenvalue weighted by Gasteiger charge is -2.33. The van der Waals surface area contributed by atoms with Crippen LogP contribution in [0.15, 0.2) is 24.3 Å². The summed E-state index contributed by atoms with van der Waals surface area (Å²) in [6, 6.07) is 7.05. The van der Waals surface area contributed by atoms with Crippen molar-refractivity contribution in [2.75, 3.05) is 20.3 Å². The minimum absolute atomic E-state index is 0.194. The Kier molecular flexibility index (Phi) is 4.50. The van der Waals surface area contributed by atoms with Crippen LogP contribution in [-0.4, -0.2) is 42.6 Å². The topological polar surface area (TPSA) is 55.8 Å². The van der Waals surface area contributed by atoms with Gasteiger partial charge < -0.3 is 14.4 Å². The van der Waals surface area contributed by atoms with Crippen molar-refractivity contribution in [3.05, 3.63) is 29.8 Å². The monoisotopic (exact) mass is 291 g/mol. The SMILES string of the molecule is CCOC(=O)C1(C)CCCN1C(=O)c1ccccc1OC. The normalized spacial score (nSPS) is 21.2. The van der Waals surface area contributed by atoms with Gasteiger partial charge in [0.05, 0.1) is 19.3 Å². The van der Waals surface area contributed by atoms with Crippen molar-refractivity contribution < 1.29 is 19.1 Å². The number of amides is 1. The predicted molar refractivity (Wildman–Crippen MR) is 78.3 cm³/mol. The predicted octanol–water partition coefficient (Wildman–Crippen LogP) is 2.25. The van der Waals surface area contributed by atoms with Gasteiger partial charge in [-0.15, -0.1) is 0 Å². The fourth-order valence-electron chi connectivity index (χ4n) is 2.75. The van der Waals surface area contributed by atoms with E-state index in [4.69, 9.17) is 9.47 Å². The standard InChI is InChI=1S/C16H21NO4/c1-4-21-15(19)16(2)10-7-11-17(16)14(18)12-8-5-6-9-13(12)20-3/h5-6,8-9H,4,7,10-11H2,1-3H3. The highest BCUT2D eigenvalue weighted by Crippen LogP contribution is 2.33. The highest BCUT2D eigenvalue weighted by molar-refractivity contribution is 6.00. The van der Waals surface area contributed by atoms with Crippen molar-refractivity contribution >= 4 is 11.9 Å². The molecule has 1 amide bonds. The molecule has 114 valence electrons.